The van der Waals surface area contributed by atoms with Gasteiger partial charge in [0.1, 0.15) is 0 Å². The number of likely N-dealkylation sites (N-methyl/N-ethyl adjacent to an activating group) is 1. The number of ketones is 1. The molecule has 0 amide bonds. The van der Waals surface area contributed by atoms with E-state index in [9.17, 15) is 4.79 Å². The molecule has 2 aromatic rings. The average molecular weight is 340 g/mol. The van der Waals surface area contributed by atoms with Gasteiger partial charge in [-0.15, -0.1) is 0 Å². The van der Waals surface area contributed by atoms with Crippen LogP contribution in [0.4, 0.5) is 0 Å². The molecule has 1 aromatic carbocycles. The Kier molecular flexibility index (Phi) is 6.00. The number of carbonyl (C=O) groups is 1. The van der Waals surface area contributed by atoms with Crippen molar-refractivity contribution >= 4 is 29.0 Å². The molecule has 0 saturated carbocycles. The topological polar surface area (TPSA) is 38.1 Å². The smallest absolute Gasteiger partial charge is 0.152 e. The maximum atomic E-state index is 12.1. The second kappa shape index (κ2) is 7.77. The molecule has 0 saturated heterocycles. The van der Waals surface area contributed by atoms with Crippen LogP contribution in [0.1, 0.15) is 19.5 Å². The summed E-state index contributed by atoms with van der Waals surface area (Å²) in [5.41, 5.74) is 1.57. The second-order valence-corrected chi connectivity index (χ2v) is 5.84. The molecule has 1 aromatic heterocycles. The average Bonchev–Trinajstić information content (AvgIpc) is 2.96. The van der Waals surface area contributed by atoms with Crippen LogP contribution in [0.3, 0.4) is 0 Å². The highest BCUT2D eigenvalue weighted by Gasteiger charge is 2.11. The second-order valence-electron chi connectivity index (χ2n) is 5.03. The van der Waals surface area contributed by atoms with Gasteiger partial charge in [0, 0.05) is 6.20 Å². The molecule has 0 bridgehead atoms. The summed E-state index contributed by atoms with van der Waals surface area (Å²) in [4.78, 5) is 14.2. The van der Waals surface area contributed by atoms with Crippen molar-refractivity contribution in [2.45, 2.75) is 20.3 Å². The Morgan fingerprint density at radius 2 is 1.91 bits per heavy atom. The molecule has 0 N–H and O–H groups in total. The Balaban J connectivity index is 2.05. The number of hydrogen-bond acceptors (Lipinski definition) is 3. The molecule has 0 spiro atoms. The SMILES string of the molecule is CCN(CC)CC(=O)Cc1ccn(-c2ccc(Cl)c(Cl)c2)n1. The molecule has 0 radical (unpaired) electrons. The molecular weight excluding hydrogens is 321 g/mol. The number of benzene rings is 1. The van der Waals surface area contributed by atoms with Crippen LogP contribution in [0.25, 0.3) is 5.69 Å². The van der Waals surface area contributed by atoms with E-state index in [4.69, 9.17) is 23.2 Å². The maximum absolute atomic E-state index is 12.1. The van der Waals surface area contributed by atoms with E-state index in [0.29, 0.717) is 23.0 Å². The molecule has 4 nitrogen and oxygen atoms in total. The maximum Gasteiger partial charge on any atom is 0.152 e. The lowest BCUT2D eigenvalue weighted by atomic mass is 10.2. The summed E-state index contributed by atoms with van der Waals surface area (Å²) in [6, 6.07) is 7.16. The van der Waals surface area contributed by atoms with Crippen LogP contribution >= 0.6 is 23.2 Å². The van der Waals surface area contributed by atoms with Gasteiger partial charge < -0.3 is 0 Å². The first-order chi connectivity index (χ1) is 10.5. The van der Waals surface area contributed by atoms with Crippen molar-refractivity contribution in [1.82, 2.24) is 14.7 Å². The van der Waals surface area contributed by atoms with E-state index in [1.807, 2.05) is 18.3 Å². The number of halogens is 2. The predicted octanol–water partition coefficient (Wildman–Crippen LogP) is 3.63. The zero-order chi connectivity index (χ0) is 16.1. The molecule has 2 rings (SSSR count). The molecule has 0 unspecified atom stereocenters. The summed E-state index contributed by atoms with van der Waals surface area (Å²) in [7, 11) is 0. The van der Waals surface area contributed by atoms with Crippen LogP contribution in [-0.2, 0) is 11.2 Å². The van der Waals surface area contributed by atoms with Crippen molar-refractivity contribution in [1.29, 1.82) is 0 Å². The number of hydrogen-bond donors (Lipinski definition) is 0. The van der Waals surface area contributed by atoms with E-state index in [-0.39, 0.29) is 5.78 Å². The third kappa shape index (κ3) is 4.32. The van der Waals surface area contributed by atoms with Crippen molar-refractivity contribution in [2.24, 2.45) is 0 Å². The van der Waals surface area contributed by atoms with Gasteiger partial charge in [0.25, 0.3) is 0 Å². The van der Waals surface area contributed by atoms with Gasteiger partial charge in [-0.1, -0.05) is 37.0 Å². The summed E-state index contributed by atoms with van der Waals surface area (Å²) in [5.74, 6) is 0.170. The predicted molar refractivity (Wildman–Crippen MR) is 90.1 cm³/mol. The number of Topliss-reactive ketones (excluding diaryl/α,β-unsaturated/α-hetero) is 1. The van der Waals surface area contributed by atoms with E-state index >= 15 is 0 Å². The Hall–Kier alpha value is -1.36. The van der Waals surface area contributed by atoms with Gasteiger partial charge in [-0.05, 0) is 37.4 Å². The molecule has 22 heavy (non-hydrogen) atoms. The van der Waals surface area contributed by atoms with E-state index in [2.05, 4.69) is 23.8 Å². The number of rotatable bonds is 7. The molecule has 0 fully saturated rings. The Morgan fingerprint density at radius 3 is 2.55 bits per heavy atom. The van der Waals surface area contributed by atoms with Crippen LogP contribution in [0, 0.1) is 0 Å². The van der Waals surface area contributed by atoms with Gasteiger partial charge >= 0.3 is 0 Å². The standard InChI is InChI=1S/C16H19Cl2N3O/c1-3-20(4-2)11-14(22)9-12-7-8-21(19-12)13-5-6-15(17)16(18)10-13/h5-8,10H,3-4,9,11H2,1-2H3. The molecular formula is C16H19Cl2N3O. The van der Waals surface area contributed by atoms with Crippen molar-refractivity contribution in [3.8, 4) is 5.69 Å². The van der Waals surface area contributed by atoms with E-state index in [1.54, 1.807) is 16.8 Å². The third-order valence-electron chi connectivity index (χ3n) is 3.48. The molecule has 1 heterocycles. The van der Waals surface area contributed by atoms with Crippen LogP contribution in [0.2, 0.25) is 10.0 Å². The lowest BCUT2D eigenvalue weighted by molar-refractivity contribution is -0.119. The molecule has 0 aliphatic heterocycles. The number of aromatic nitrogens is 2. The van der Waals surface area contributed by atoms with Crippen molar-refractivity contribution in [3.63, 3.8) is 0 Å². The van der Waals surface area contributed by atoms with Crippen molar-refractivity contribution in [3.05, 3.63) is 46.2 Å². The lowest BCUT2D eigenvalue weighted by Crippen LogP contribution is -2.30. The zero-order valence-corrected chi connectivity index (χ0v) is 14.2. The van der Waals surface area contributed by atoms with Gasteiger partial charge in [0.15, 0.2) is 5.78 Å². The minimum absolute atomic E-state index is 0.170. The largest absolute Gasteiger partial charge is 0.298 e. The fourth-order valence-corrected chi connectivity index (χ4v) is 2.47. The van der Waals surface area contributed by atoms with Crippen LogP contribution in [0.15, 0.2) is 30.5 Å². The molecule has 6 heteroatoms. The fourth-order valence-electron chi connectivity index (χ4n) is 2.18. The van der Waals surface area contributed by atoms with Gasteiger partial charge in [0.05, 0.1) is 34.4 Å². The van der Waals surface area contributed by atoms with E-state index in [1.165, 1.54) is 0 Å². The van der Waals surface area contributed by atoms with Crippen LogP contribution in [0.5, 0.6) is 0 Å². The quantitative estimate of drug-likeness (QED) is 0.772. The van der Waals surface area contributed by atoms with Crippen LogP contribution in [-0.4, -0.2) is 40.1 Å². The van der Waals surface area contributed by atoms with E-state index in [0.717, 1.165) is 24.5 Å². The van der Waals surface area contributed by atoms with Gasteiger partial charge in [0.2, 0.25) is 0 Å². The Labute approximate surface area is 140 Å². The lowest BCUT2D eigenvalue weighted by Gasteiger charge is -2.16. The highest BCUT2D eigenvalue weighted by molar-refractivity contribution is 6.42. The van der Waals surface area contributed by atoms with Gasteiger partial charge in [-0.2, -0.15) is 5.10 Å². The number of carbonyl (C=O) groups excluding carboxylic acids is 1. The summed E-state index contributed by atoms with van der Waals surface area (Å²) in [6.07, 6.45) is 2.16. The minimum atomic E-state index is 0.170. The molecule has 0 atom stereocenters. The van der Waals surface area contributed by atoms with Crippen LogP contribution < -0.4 is 0 Å². The van der Waals surface area contributed by atoms with Gasteiger partial charge in [-0.3, -0.25) is 9.69 Å². The molecule has 118 valence electrons. The molecule has 0 aliphatic rings. The minimum Gasteiger partial charge on any atom is -0.298 e. The Morgan fingerprint density at radius 1 is 1.18 bits per heavy atom. The zero-order valence-electron chi connectivity index (χ0n) is 12.7. The highest BCUT2D eigenvalue weighted by atomic mass is 35.5. The number of nitrogens with zero attached hydrogens (tertiary/aromatic N) is 3. The first-order valence-corrected chi connectivity index (χ1v) is 8.03. The molecule has 0 aliphatic carbocycles. The summed E-state index contributed by atoms with van der Waals surface area (Å²) in [5, 5.41) is 5.41. The van der Waals surface area contributed by atoms with Crippen molar-refractivity contribution in [2.75, 3.05) is 19.6 Å². The van der Waals surface area contributed by atoms with E-state index < -0.39 is 0 Å². The first kappa shape index (κ1) is 17.0. The van der Waals surface area contributed by atoms with Gasteiger partial charge in [-0.25, -0.2) is 4.68 Å². The summed E-state index contributed by atoms with van der Waals surface area (Å²) in [6.45, 7) is 6.32. The first-order valence-electron chi connectivity index (χ1n) is 7.27. The highest BCUT2D eigenvalue weighted by Crippen LogP contribution is 2.24. The van der Waals surface area contributed by atoms with Crippen molar-refractivity contribution < 1.29 is 4.79 Å². The Bertz CT molecular complexity index is 651. The summed E-state index contributed by atoms with van der Waals surface area (Å²) < 4.78 is 1.70. The summed E-state index contributed by atoms with van der Waals surface area (Å²) >= 11 is 11.9. The monoisotopic (exact) mass is 339 g/mol. The normalized spacial score (nSPS) is 11.1. The fraction of sp³-hybridized carbons (Fsp3) is 0.375. The third-order valence-corrected chi connectivity index (χ3v) is 4.22.